The Morgan fingerprint density at radius 1 is 0.573 bits per heavy atom. The summed E-state index contributed by atoms with van der Waals surface area (Å²) < 4.78 is 99.5. The minimum Gasteiger partial charge on any atom is -0.377 e. The molecule has 75 heavy (non-hydrogen) atoms. The second-order valence-corrected chi connectivity index (χ2v) is 22.1. The monoisotopic (exact) mass is 1270 g/mol. The number of benzene rings is 6. The molecule has 0 unspecified atom stereocenters. The van der Waals surface area contributed by atoms with E-state index in [1.54, 1.807) is 26.0 Å². The molecule has 0 bridgehead atoms. The first-order chi connectivity index (χ1) is 34.7. The van der Waals surface area contributed by atoms with Crippen molar-refractivity contribution in [2.24, 2.45) is 0 Å². The molecule has 0 aliphatic heterocycles. The van der Waals surface area contributed by atoms with Gasteiger partial charge < -0.3 is 33.7 Å². The largest absolute Gasteiger partial charge is 0.500 e. The summed E-state index contributed by atoms with van der Waals surface area (Å²) in [6.45, 7) is 0.571. The first-order valence-corrected chi connectivity index (χ1v) is 25.7. The van der Waals surface area contributed by atoms with Gasteiger partial charge in [0.2, 0.25) is 0 Å². The van der Waals surface area contributed by atoms with Gasteiger partial charge in [-0.1, -0.05) is 144 Å². The third-order valence-corrected chi connectivity index (χ3v) is 18.1. The van der Waals surface area contributed by atoms with Crippen molar-refractivity contribution in [3.05, 3.63) is 212 Å². The van der Waals surface area contributed by atoms with E-state index in [4.69, 9.17) is 36.5 Å². The zero-order valence-electron chi connectivity index (χ0n) is 40.2. The molecule has 3 atom stereocenters. The molecule has 402 valence electrons. The van der Waals surface area contributed by atoms with Gasteiger partial charge in [-0.15, -0.1) is 5.10 Å². The van der Waals surface area contributed by atoms with Gasteiger partial charge in [-0.3, -0.25) is 4.68 Å². The van der Waals surface area contributed by atoms with Crippen molar-refractivity contribution in [1.29, 1.82) is 0 Å². The fourth-order valence-corrected chi connectivity index (χ4v) is 13.1. The van der Waals surface area contributed by atoms with Gasteiger partial charge >= 0.3 is 21.2 Å². The van der Waals surface area contributed by atoms with Crippen molar-refractivity contribution >= 4 is 32.0 Å². The van der Waals surface area contributed by atoms with Crippen LogP contribution in [0.15, 0.2) is 158 Å². The Hall–Kier alpha value is -4.20. The van der Waals surface area contributed by atoms with E-state index in [1.165, 1.54) is 6.07 Å². The summed E-state index contributed by atoms with van der Waals surface area (Å²) in [7, 11) is 2.01. The summed E-state index contributed by atoms with van der Waals surface area (Å²) in [5.74, 6) is 0. The summed E-state index contributed by atoms with van der Waals surface area (Å²) in [5, 5.41) is 51.3. The van der Waals surface area contributed by atoms with Crippen molar-refractivity contribution in [2.75, 3.05) is 21.3 Å². The van der Waals surface area contributed by atoms with Gasteiger partial charge in [-0.2, -0.15) is 26.3 Å². The van der Waals surface area contributed by atoms with Gasteiger partial charge in [-0.25, -0.2) is 0 Å². The zero-order chi connectivity index (χ0) is 52.6. The van der Waals surface area contributed by atoms with Gasteiger partial charge in [0, 0.05) is 99.3 Å². The second-order valence-electron chi connectivity index (χ2n) is 18.2. The van der Waals surface area contributed by atoms with Crippen LogP contribution in [-0.2, 0) is 92.8 Å². The maximum absolute atomic E-state index is 13.7. The molecule has 6 aromatic carbocycles. The third kappa shape index (κ3) is 11.0. The molecule has 4 N–H and O–H groups in total. The second kappa shape index (κ2) is 23.4. The number of alkyl halides is 6. The van der Waals surface area contributed by atoms with E-state index >= 15 is 0 Å². The number of aliphatic hydroxyl groups is 4. The Morgan fingerprint density at radius 3 is 1.29 bits per heavy atom. The minimum absolute atomic E-state index is 0. The Bertz CT molecular complexity index is 2970. The van der Waals surface area contributed by atoms with Crippen LogP contribution < -0.4 is 0 Å². The maximum atomic E-state index is 13.7. The van der Waals surface area contributed by atoms with Crippen LogP contribution in [0.1, 0.15) is 63.8 Å². The van der Waals surface area contributed by atoms with Crippen LogP contribution in [0.25, 0.3) is 11.3 Å². The number of hydrogen-bond acceptors (Lipinski definition) is 9. The molecule has 21 heteroatoms. The molecule has 1 aromatic heterocycles. The molecule has 2 fully saturated rings. The maximum Gasteiger partial charge on any atom is 0.500 e. The quantitative estimate of drug-likeness (QED) is 0.0423. The number of aromatic nitrogens is 3. The molecular formula is C54H51Cl2F6N3O7Rh2Si. The van der Waals surface area contributed by atoms with Crippen LogP contribution in [0.5, 0.6) is 0 Å². The summed E-state index contributed by atoms with van der Waals surface area (Å²) in [6.07, 6.45) is -10.3. The molecule has 1 heterocycles. The van der Waals surface area contributed by atoms with E-state index in [0.717, 1.165) is 52.6 Å². The smallest absolute Gasteiger partial charge is 0.377 e. The molecule has 9 rings (SSSR count). The van der Waals surface area contributed by atoms with Crippen LogP contribution >= 0.6 is 23.2 Å². The Kier molecular flexibility index (Phi) is 18.7. The third-order valence-electron chi connectivity index (χ3n) is 14.6. The van der Waals surface area contributed by atoms with Crippen LogP contribution in [0.2, 0.25) is 16.1 Å². The molecule has 7 aromatic rings. The molecule has 0 saturated heterocycles. The Morgan fingerprint density at radius 2 is 0.947 bits per heavy atom. The number of aryl methyl sites for hydroxylation is 1. The van der Waals surface area contributed by atoms with E-state index in [0.29, 0.717) is 30.3 Å². The fraction of sp³-hybridized carbons (Fsp3) is 0.296. The molecule has 2 radical (unpaired) electrons. The van der Waals surface area contributed by atoms with Crippen LogP contribution in [0, 0.1) is 0 Å². The molecule has 2 aliphatic carbocycles. The number of halogens is 8. The summed E-state index contributed by atoms with van der Waals surface area (Å²) in [4.78, 5) is 0. The SMILES string of the molecule is CO[Si](CCCn1cc(-c2ccc([C@@]3(c4ccccc4)C[C@]3(c3cc(C(F)(F)F)ccc3Cl)C(O)O)cc2)nn1)(OC)OC.OC(O)[C@@]1(c2cc(C(F)(F)F)ccc2Cl)CC1(c1ccccc1)c1ccccc1.[Rh].[Rh]. The van der Waals surface area contributed by atoms with Crippen LogP contribution in [0.4, 0.5) is 26.3 Å². The van der Waals surface area contributed by atoms with Crippen molar-refractivity contribution in [3.63, 3.8) is 0 Å². The van der Waals surface area contributed by atoms with E-state index in [1.807, 2.05) is 121 Å². The van der Waals surface area contributed by atoms with Crippen molar-refractivity contribution in [1.82, 2.24) is 15.0 Å². The number of aliphatic hydroxyl groups excluding tert-OH is 2. The van der Waals surface area contributed by atoms with E-state index < -0.39 is 66.5 Å². The normalized spacial score (nSPS) is 19.9. The van der Waals surface area contributed by atoms with Crippen molar-refractivity contribution in [2.45, 2.75) is 78.4 Å². The van der Waals surface area contributed by atoms with Gasteiger partial charge in [-0.05, 0) is 89.0 Å². The van der Waals surface area contributed by atoms with Gasteiger partial charge in [0.15, 0.2) is 12.6 Å². The summed E-state index contributed by atoms with van der Waals surface area (Å²) >= 11 is 12.8. The standard InChI is InChI=1S/C31H33ClF3N3O5Si.C23H18ClF3O2.2Rh/c1-41-44(42-2,43-3)17-7-16-38-19-27(36-37-38)21-10-12-23(13-11-21)29(22-8-5-4-6-9-22)20-30(29,28(39)40)25-18-24(31(33,34)35)14-15-26(25)32;24-19-12-11-17(23(25,26)27)13-18(19)22(20(28)29)14-21(22,15-7-3-1-4-8-15)16-9-5-2-6-10-16;;/h4-6,8-15,18-19,28,39-40H,7,16-17,20H2,1-3H3;1-13,20,28-29H,14H2;;/t29-,30-;22-;;/m00../s1. The molecule has 2 saturated carbocycles. The first kappa shape index (κ1) is 60.0. The van der Waals surface area contributed by atoms with E-state index in [-0.39, 0.29) is 73.0 Å². The average molecular weight is 1270 g/mol. The van der Waals surface area contributed by atoms with Gasteiger partial charge in [0.1, 0.15) is 5.69 Å². The summed E-state index contributed by atoms with van der Waals surface area (Å²) in [5.41, 5.74) is -2.21. The van der Waals surface area contributed by atoms with Crippen molar-refractivity contribution < 1.29 is 99.0 Å². The van der Waals surface area contributed by atoms with E-state index in [2.05, 4.69) is 10.3 Å². The number of hydrogen-bond donors (Lipinski definition) is 4. The van der Waals surface area contributed by atoms with Gasteiger partial charge in [0.25, 0.3) is 0 Å². The predicted molar refractivity (Wildman–Crippen MR) is 264 cm³/mol. The predicted octanol–water partition coefficient (Wildman–Crippen LogP) is 11.1. The number of nitrogens with zero attached hydrogens (tertiary/aromatic N) is 3. The zero-order valence-corrected chi connectivity index (χ0v) is 46.0. The topological polar surface area (TPSA) is 139 Å². The average Bonchev–Trinajstić information content (AvgIpc) is 4.24. The molecule has 0 spiro atoms. The molecule has 2 aliphatic rings. The first-order valence-electron chi connectivity index (χ1n) is 23.0. The fourth-order valence-electron chi connectivity index (χ4n) is 10.8. The van der Waals surface area contributed by atoms with Crippen LogP contribution in [-0.4, -0.2) is 78.1 Å². The number of rotatable bonds is 16. The van der Waals surface area contributed by atoms with Gasteiger partial charge in [0.05, 0.1) is 28.2 Å². The van der Waals surface area contributed by atoms with E-state index in [9.17, 15) is 46.8 Å². The Labute approximate surface area is 466 Å². The minimum atomic E-state index is -4.63. The molecule has 0 amide bonds. The Balaban J connectivity index is 0.000000256. The summed E-state index contributed by atoms with van der Waals surface area (Å²) in [6, 6.07) is 41.4. The van der Waals surface area contributed by atoms with Crippen molar-refractivity contribution in [3.8, 4) is 11.3 Å². The molecular weight excluding hydrogens is 1220 g/mol. The van der Waals surface area contributed by atoms with Crippen LogP contribution in [0.3, 0.4) is 0 Å². The molecule has 10 nitrogen and oxygen atoms in total.